The number of nitrogens with zero attached hydrogens (tertiary/aromatic N) is 3. The summed E-state index contributed by atoms with van der Waals surface area (Å²) in [5.74, 6) is 1.24. The standard InChI is InChI=1S/C16H26N4/c1-13(2)14-5-9-17-15(19-14)18-10-8-16-6-3-11-20(16)12-4-7-16/h5,9,13H,3-4,6-8,10-12H2,1-2H3,(H,17,18,19). The van der Waals surface area contributed by atoms with Crippen molar-refractivity contribution in [2.24, 2.45) is 0 Å². The van der Waals surface area contributed by atoms with Gasteiger partial charge in [-0.05, 0) is 57.2 Å². The van der Waals surface area contributed by atoms with Gasteiger partial charge in [-0.25, -0.2) is 9.97 Å². The fraction of sp³-hybridized carbons (Fsp3) is 0.750. The largest absolute Gasteiger partial charge is 0.354 e. The molecule has 0 aromatic carbocycles. The lowest BCUT2D eigenvalue weighted by Crippen LogP contribution is -2.39. The molecule has 4 nitrogen and oxygen atoms in total. The molecule has 2 saturated heterocycles. The lowest BCUT2D eigenvalue weighted by Gasteiger charge is -2.32. The molecule has 0 unspecified atom stereocenters. The number of nitrogens with one attached hydrogen (secondary N) is 1. The van der Waals surface area contributed by atoms with Crippen molar-refractivity contribution in [2.45, 2.75) is 57.4 Å². The third-order valence-corrected chi connectivity index (χ3v) is 4.95. The molecule has 20 heavy (non-hydrogen) atoms. The summed E-state index contributed by atoms with van der Waals surface area (Å²) in [6, 6.07) is 2.00. The van der Waals surface area contributed by atoms with Gasteiger partial charge in [0.15, 0.2) is 0 Å². The highest BCUT2D eigenvalue weighted by Crippen LogP contribution is 2.41. The molecule has 0 spiro atoms. The summed E-state index contributed by atoms with van der Waals surface area (Å²) in [6.45, 7) is 7.93. The second-order valence-electron chi connectivity index (χ2n) is 6.56. The van der Waals surface area contributed by atoms with Gasteiger partial charge in [0.2, 0.25) is 5.95 Å². The summed E-state index contributed by atoms with van der Waals surface area (Å²) in [5, 5.41) is 3.43. The molecule has 3 rings (SSSR count). The molecule has 0 saturated carbocycles. The monoisotopic (exact) mass is 274 g/mol. The van der Waals surface area contributed by atoms with Crippen LogP contribution in [0.25, 0.3) is 0 Å². The minimum absolute atomic E-state index is 0.456. The Morgan fingerprint density at radius 2 is 2.05 bits per heavy atom. The Morgan fingerprint density at radius 3 is 2.75 bits per heavy atom. The van der Waals surface area contributed by atoms with Crippen molar-refractivity contribution in [1.82, 2.24) is 14.9 Å². The lowest BCUT2D eigenvalue weighted by molar-refractivity contribution is 0.187. The van der Waals surface area contributed by atoms with Gasteiger partial charge in [0.05, 0.1) is 0 Å². The predicted octanol–water partition coefficient (Wildman–Crippen LogP) is 3.03. The van der Waals surface area contributed by atoms with Crippen LogP contribution >= 0.6 is 0 Å². The van der Waals surface area contributed by atoms with Crippen molar-refractivity contribution in [2.75, 3.05) is 25.0 Å². The maximum atomic E-state index is 4.58. The molecule has 0 atom stereocenters. The lowest BCUT2D eigenvalue weighted by atomic mass is 9.90. The molecule has 3 heterocycles. The second-order valence-corrected chi connectivity index (χ2v) is 6.56. The zero-order valence-corrected chi connectivity index (χ0v) is 12.7. The fourth-order valence-electron chi connectivity index (χ4n) is 3.82. The van der Waals surface area contributed by atoms with E-state index in [2.05, 4.69) is 34.0 Å². The van der Waals surface area contributed by atoms with Gasteiger partial charge in [0.1, 0.15) is 0 Å². The second kappa shape index (κ2) is 5.68. The summed E-state index contributed by atoms with van der Waals surface area (Å²) in [5.41, 5.74) is 1.60. The van der Waals surface area contributed by atoms with Gasteiger partial charge >= 0.3 is 0 Å². The van der Waals surface area contributed by atoms with Crippen molar-refractivity contribution in [3.8, 4) is 0 Å². The maximum Gasteiger partial charge on any atom is 0.222 e. The fourth-order valence-corrected chi connectivity index (χ4v) is 3.82. The van der Waals surface area contributed by atoms with Crippen molar-refractivity contribution < 1.29 is 0 Å². The van der Waals surface area contributed by atoms with Gasteiger partial charge in [0, 0.05) is 24.0 Å². The first-order valence-corrected chi connectivity index (χ1v) is 8.01. The minimum Gasteiger partial charge on any atom is -0.354 e. The van der Waals surface area contributed by atoms with Crippen LogP contribution in [-0.4, -0.2) is 40.0 Å². The Kier molecular flexibility index (Phi) is 3.92. The Bertz CT molecular complexity index is 448. The van der Waals surface area contributed by atoms with Crippen LogP contribution in [-0.2, 0) is 0 Å². The molecule has 2 aliphatic rings. The smallest absolute Gasteiger partial charge is 0.222 e. The molecule has 0 amide bonds. The molecule has 0 bridgehead atoms. The Hall–Kier alpha value is -1.16. The van der Waals surface area contributed by atoms with E-state index >= 15 is 0 Å². The molecule has 1 aromatic rings. The molecule has 4 heteroatoms. The van der Waals surface area contributed by atoms with E-state index in [1.807, 2.05) is 12.3 Å². The first kappa shape index (κ1) is 13.8. The molecular formula is C16H26N4. The number of hydrogen-bond donors (Lipinski definition) is 1. The number of rotatable bonds is 5. The molecule has 2 aliphatic heterocycles. The van der Waals surface area contributed by atoms with E-state index in [0.717, 1.165) is 18.2 Å². The van der Waals surface area contributed by atoms with Gasteiger partial charge in [-0.2, -0.15) is 0 Å². The summed E-state index contributed by atoms with van der Waals surface area (Å²) in [4.78, 5) is 11.6. The molecule has 110 valence electrons. The van der Waals surface area contributed by atoms with Crippen LogP contribution in [0.4, 0.5) is 5.95 Å². The van der Waals surface area contributed by atoms with Crippen LogP contribution in [0.5, 0.6) is 0 Å². The number of anilines is 1. The number of fused-ring (bicyclic) bond motifs is 1. The Balaban J connectivity index is 1.56. The van der Waals surface area contributed by atoms with Crippen molar-refractivity contribution >= 4 is 5.95 Å². The van der Waals surface area contributed by atoms with E-state index in [1.54, 1.807) is 0 Å². The zero-order valence-electron chi connectivity index (χ0n) is 12.7. The topological polar surface area (TPSA) is 41.1 Å². The molecule has 1 N–H and O–H groups in total. The predicted molar refractivity (Wildman–Crippen MR) is 82.0 cm³/mol. The minimum atomic E-state index is 0.456. The van der Waals surface area contributed by atoms with Crippen LogP contribution in [0.15, 0.2) is 12.3 Å². The van der Waals surface area contributed by atoms with Gasteiger partial charge in [-0.15, -0.1) is 0 Å². The van der Waals surface area contributed by atoms with Crippen LogP contribution in [0.3, 0.4) is 0 Å². The van der Waals surface area contributed by atoms with E-state index in [1.165, 1.54) is 45.2 Å². The first-order chi connectivity index (χ1) is 9.70. The third kappa shape index (κ3) is 2.66. The summed E-state index contributed by atoms with van der Waals surface area (Å²) < 4.78 is 0. The molecular weight excluding hydrogens is 248 g/mol. The average Bonchev–Trinajstić information content (AvgIpc) is 2.98. The van der Waals surface area contributed by atoms with E-state index < -0.39 is 0 Å². The summed E-state index contributed by atoms with van der Waals surface area (Å²) >= 11 is 0. The van der Waals surface area contributed by atoms with Gasteiger partial charge in [-0.1, -0.05) is 13.8 Å². The molecule has 0 aliphatic carbocycles. The van der Waals surface area contributed by atoms with E-state index in [0.29, 0.717) is 11.5 Å². The van der Waals surface area contributed by atoms with Crippen molar-refractivity contribution in [1.29, 1.82) is 0 Å². The van der Waals surface area contributed by atoms with Crippen LogP contribution in [0.1, 0.15) is 57.6 Å². The normalized spacial score (nSPS) is 21.4. The molecule has 1 aromatic heterocycles. The first-order valence-electron chi connectivity index (χ1n) is 8.01. The quantitative estimate of drug-likeness (QED) is 0.896. The molecule has 0 radical (unpaired) electrons. The van der Waals surface area contributed by atoms with Crippen LogP contribution in [0.2, 0.25) is 0 Å². The summed E-state index contributed by atoms with van der Waals surface area (Å²) in [6.07, 6.45) is 8.59. The van der Waals surface area contributed by atoms with E-state index in [4.69, 9.17) is 0 Å². The van der Waals surface area contributed by atoms with Crippen molar-refractivity contribution in [3.63, 3.8) is 0 Å². The average molecular weight is 274 g/mol. The summed E-state index contributed by atoms with van der Waals surface area (Å²) in [7, 11) is 0. The van der Waals surface area contributed by atoms with Gasteiger partial charge in [0.25, 0.3) is 0 Å². The SMILES string of the molecule is CC(C)c1ccnc(NCCC23CCCN2CCC3)n1. The van der Waals surface area contributed by atoms with Crippen LogP contribution in [0, 0.1) is 0 Å². The number of hydrogen-bond acceptors (Lipinski definition) is 4. The van der Waals surface area contributed by atoms with Crippen LogP contribution < -0.4 is 5.32 Å². The Labute approximate surface area is 122 Å². The van der Waals surface area contributed by atoms with E-state index in [-0.39, 0.29) is 0 Å². The van der Waals surface area contributed by atoms with E-state index in [9.17, 15) is 0 Å². The highest BCUT2D eigenvalue weighted by atomic mass is 15.2. The van der Waals surface area contributed by atoms with Gasteiger partial charge in [-0.3, -0.25) is 4.90 Å². The Morgan fingerprint density at radius 1 is 1.30 bits per heavy atom. The highest BCUT2D eigenvalue weighted by molar-refractivity contribution is 5.26. The van der Waals surface area contributed by atoms with Gasteiger partial charge < -0.3 is 5.32 Å². The van der Waals surface area contributed by atoms with Crippen molar-refractivity contribution in [3.05, 3.63) is 18.0 Å². The number of aromatic nitrogens is 2. The maximum absolute atomic E-state index is 4.58. The molecule has 2 fully saturated rings. The highest BCUT2D eigenvalue weighted by Gasteiger charge is 2.43. The zero-order chi connectivity index (χ0) is 14.0. The third-order valence-electron chi connectivity index (χ3n) is 4.95.